The Labute approximate surface area is 99.7 Å². The van der Waals surface area contributed by atoms with Crippen LogP contribution in [0.1, 0.15) is 27.3 Å². The highest BCUT2D eigenvalue weighted by Gasteiger charge is 2.14. The highest BCUT2D eigenvalue weighted by atomic mass is 17.2. The Bertz CT molecular complexity index is 361. The molecule has 0 aliphatic rings. The summed E-state index contributed by atoms with van der Waals surface area (Å²) < 4.78 is 0. The van der Waals surface area contributed by atoms with Crippen LogP contribution in [-0.2, 0) is 32.6 Å². The summed E-state index contributed by atoms with van der Waals surface area (Å²) in [7, 11) is 2.88. The first-order valence-electron chi connectivity index (χ1n) is 5.21. The van der Waals surface area contributed by atoms with Crippen molar-refractivity contribution in [2.75, 3.05) is 20.8 Å². The van der Waals surface area contributed by atoms with Gasteiger partial charge in [0.25, 0.3) is 0 Å². The fourth-order valence-corrected chi connectivity index (χ4v) is 1.67. The van der Waals surface area contributed by atoms with E-state index in [0.29, 0.717) is 18.6 Å². The van der Waals surface area contributed by atoms with Crippen molar-refractivity contribution in [1.29, 1.82) is 0 Å². The van der Waals surface area contributed by atoms with Crippen molar-refractivity contribution in [3.05, 3.63) is 22.5 Å². The van der Waals surface area contributed by atoms with Gasteiger partial charge in [-0.2, -0.15) is 0 Å². The van der Waals surface area contributed by atoms with Crippen LogP contribution in [0.2, 0.25) is 0 Å². The lowest BCUT2D eigenvalue weighted by Gasteiger charge is -2.04. The van der Waals surface area contributed by atoms with Gasteiger partial charge in [0.05, 0.1) is 20.8 Å². The van der Waals surface area contributed by atoms with Crippen molar-refractivity contribution in [2.45, 2.75) is 20.0 Å². The van der Waals surface area contributed by atoms with Crippen molar-refractivity contribution in [1.82, 2.24) is 4.98 Å². The van der Waals surface area contributed by atoms with E-state index in [0.717, 1.165) is 23.2 Å². The first kappa shape index (κ1) is 13.9. The number of aromatic amines is 1. The van der Waals surface area contributed by atoms with Gasteiger partial charge in [0.1, 0.15) is 6.61 Å². The lowest BCUT2D eigenvalue weighted by atomic mass is 10.1. The summed E-state index contributed by atoms with van der Waals surface area (Å²) in [6.07, 6.45) is 1.39. The zero-order chi connectivity index (χ0) is 12.7. The summed E-state index contributed by atoms with van der Waals surface area (Å²) in [5, 5.41) is 0. The van der Waals surface area contributed by atoms with Gasteiger partial charge < -0.3 is 4.98 Å². The second-order valence-corrected chi connectivity index (χ2v) is 3.41. The number of carbonyl (C=O) groups excluding carboxylic acids is 1. The number of hydrogen-bond acceptors (Lipinski definition) is 5. The van der Waals surface area contributed by atoms with Gasteiger partial charge >= 0.3 is 0 Å². The van der Waals surface area contributed by atoms with Crippen LogP contribution in [0.3, 0.4) is 0 Å². The van der Waals surface area contributed by atoms with Gasteiger partial charge in [-0.05, 0) is 12.5 Å². The third kappa shape index (κ3) is 3.64. The van der Waals surface area contributed by atoms with E-state index in [2.05, 4.69) is 14.8 Å². The van der Waals surface area contributed by atoms with Gasteiger partial charge in [-0.3, -0.25) is 4.79 Å². The molecule has 1 aromatic rings. The van der Waals surface area contributed by atoms with Gasteiger partial charge in [0.15, 0.2) is 6.29 Å². The SMILES string of the molecule is COOCCc1c(COOC)[nH]c(C)c1C=O. The molecule has 6 nitrogen and oxygen atoms in total. The number of rotatable bonds is 8. The quantitative estimate of drug-likeness (QED) is 0.323. The third-order valence-corrected chi connectivity index (χ3v) is 2.42. The molecule has 0 atom stereocenters. The zero-order valence-electron chi connectivity index (χ0n) is 10.2. The molecular weight excluding hydrogens is 226 g/mol. The number of nitrogens with one attached hydrogen (secondary N) is 1. The molecular formula is C11H17NO5. The summed E-state index contributed by atoms with van der Waals surface area (Å²) in [5.74, 6) is 0. The van der Waals surface area contributed by atoms with E-state index in [1.54, 1.807) is 0 Å². The predicted molar refractivity (Wildman–Crippen MR) is 59.4 cm³/mol. The predicted octanol–water partition coefficient (Wildman–Crippen LogP) is 1.33. The van der Waals surface area contributed by atoms with Crippen LogP contribution in [0.4, 0.5) is 0 Å². The van der Waals surface area contributed by atoms with Crippen molar-refractivity contribution >= 4 is 6.29 Å². The van der Waals surface area contributed by atoms with Gasteiger partial charge in [-0.15, -0.1) is 0 Å². The molecule has 0 spiro atoms. The Morgan fingerprint density at radius 1 is 1.24 bits per heavy atom. The molecule has 0 aliphatic carbocycles. The zero-order valence-corrected chi connectivity index (χ0v) is 10.2. The van der Waals surface area contributed by atoms with Crippen LogP contribution in [-0.4, -0.2) is 32.1 Å². The lowest BCUT2D eigenvalue weighted by Crippen LogP contribution is -2.03. The average Bonchev–Trinajstić information content (AvgIpc) is 2.63. The summed E-state index contributed by atoms with van der Waals surface area (Å²) in [6, 6.07) is 0. The Kier molecular flexibility index (Phi) is 5.85. The molecule has 1 heterocycles. The first-order chi connectivity index (χ1) is 8.24. The molecule has 1 aromatic heterocycles. The molecule has 0 saturated heterocycles. The van der Waals surface area contributed by atoms with Crippen LogP contribution in [0.15, 0.2) is 0 Å². The molecule has 0 aromatic carbocycles. The summed E-state index contributed by atoms with van der Waals surface area (Å²) in [6.45, 7) is 2.46. The Hall–Kier alpha value is -1.21. The summed E-state index contributed by atoms with van der Waals surface area (Å²) >= 11 is 0. The molecule has 0 bridgehead atoms. The fraction of sp³-hybridized carbons (Fsp3) is 0.545. The monoisotopic (exact) mass is 243 g/mol. The van der Waals surface area contributed by atoms with E-state index < -0.39 is 0 Å². The van der Waals surface area contributed by atoms with E-state index >= 15 is 0 Å². The van der Waals surface area contributed by atoms with Crippen LogP contribution in [0.5, 0.6) is 0 Å². The second kappa shape index (κ2) is 7.18. The van der Waals surface area contributed by atoms with Crippen molar-refractivity contribution in [3.63, 3.8) is 0 Å². The van der Waals surface area contributed by atoms with E-state index in [1.165, 1.54) is 14.2 Å². The number of hydrogen-bond donors (Lipinski definition) is 1. The standard InChI is InChI=1S/C11H17NO5/c1-8-10(6-13)9(4-5-16-14-2)11(12-8)7-17-15-3/h6,12H,4-5,7H2,1-3H3. The number of aromatic nitrogens is 1. The topological polar surface area (TPSA) is 69.8 Å². The summed E-state index contributed by atoms with van der Waals surface area (Å²) in [4.78, 5) is 32.8. The highest BCUT2D eigenvalue weighted by Crippen LogP contribution is 2.19. The van der Waals surface area contributed by atoms with Crippen molar-refractivity contribution in [3.8, 4) is 0 Å². The minimum absolute atomic E-state index is 0.257. The lowest BCUT2D eigenvalue weighted by molar-refractivity contribution is -0.283. The minimum Gasteiger partial charge on any atom is -0.360 e. The van der Waals surface area contributed by atoms with Gasteiger partial charge in [0, 0.05) is 23.4 Å². The number of H-pyrrole nitrogens is 1. The maximum atomic E-state index is 11.0. The Morgan fingerprint density at radius 3 is 2.53 bits per heavy atom. The molecule has 6 heteroatoms. The van der Waals surface area contributed by atoms with Gasteiger partial charge in [-0.1, -0.05) is 0 Å². The minimum atomic E-state index is 0.257. The molecule has 1 N–H and O–H groups in total. The normalized spacial score (nSPS) is 10.8. The van der Waals surface area contributed by atoms with Gasteiger partial charge in [0.2, 0.25) is 0 Å². The molecule has 0 saturated carbocycles. The second-order valence-electron chi connectivity index (χ2n) is 3.41. The van der Waals surface area contributed by atoms with E-state index in [9.17, 15) is 4.79 Å². The molecule has 0 radical (unpaired) electrons. The molecule has 0 fully saturated rings. The smallest absolute Gasteiger partial charge is 0.152 e. The Balaban J connectivity index is 2.83. The molecule has 0 amide bonds. The Morgan fingerprint density at radius 2 is 1.94 bits per heavy atom. The van der Waals surface area contributed by atoms with Crippen LogP contribution in [0, 0.1) is 6.92 Å². The maximum Gasteiger partial charge on any atom is 0.152 e. The van der Waals surface area contributed by atoms with E-state index in [-0.39, 0.29) is 6.61 Å². The number of carbonyl (C=O) groups is 1. The molecule has 17 heavy (non-hydrogen) atoms. The highest BCUT2D eigenvalue weighted by molar-refractivity contribution is 5.79. The third-order valence-electron chi connectivity index (χ3n) is 2.42. The largest absolute Gasteiger partial charge is 0.360 e. The molecule has 1 rings (SSSR count). The number of aryl methyl sites for hydroxylation is 1. The number of aldehydes is 1. The maximum absolute atomic E-state index is 11.0. The first-order valence-corrected chi connectivity index (χ1v) is 5.21. The van der Waals surface area contributed by atoms with Gasteiger partial charge in [-0.25, -0.2) is 19.6 Å². The van der Waals surface area contributed by atoms with Crippen LogP contribution >= 0.6 is 0 Å². The summed E-state index contributed by atoms with van der Waals surface area (Å²) in [5.41, 5.74) is 3.12. The van der Waals surface area contributed by atoms with Crippen LogP contribution in [0.25, 0.3) is 0 Å². The fourth-order valence-electron chi connectivity index (χ4n) is 1.67. The van der Waals surface area contributed by atoms with E-state index in [4.69, 9.17) is 9.78 Å². The van der Waals surface area contributed by atoms with E-state index in [1.807, 2.05) is 6.92 Å². The molecule has 96 valence electrons. The van der Waals surface area contributed by atoms with Crippen LogP contribution < -0.4 is 0 Å². The molecule has 0 unspecified atom stereocenters. The van der Waals surface area contributed by atoms with Crippen molar-refractivity contribution in [2.24, 2.45) is 0 Å². The average molecular weight is 243 g/mol. The molecule has 0 aliphatic heterocycles. The van der Waals surface area contributed by atoms with Crippen molar-refractivity contribution < 1.29 is 24.3 Å².